The summed E-state index contributed by atoms with van der Waals surface area (Å²) in [5.74, 6) is -1.51. The largest absolute Gasteiger partial charge is 0.430 e. The van der Waals surface area contributed by atoms with Crippen LogP contribution in [0.15, 0.2) is 30.3 Å². The normalized spacial score (nSPS) is 21.1. The summed E-state index contributed by atoms with van der Waals surface area (Å²) in [5.41, 5.74) is 0.765. The second-order valence-electron chi connectivity index (χ2n) is 2.67. The fourth-order valence-electron chi connectivity index (χ4n) is 1.15. The first kappa shape index (κ1) is 7.79. The lowest BCUT2D eigenvalue weighted by molar-refractivity contribution is -0.149. The molecular formula is C9H7NO3. The third kappa shape index (κ3) is 1.38. The first-order valence-corrected chi connectivity index (χ1v) is 3.84. The predicted octanol–water partition coefficient (Wildman–Crippen LogP) is 0.358. The van der Waals surface area contributed by atoms with Crippen molar-refractivity contribution in [1.29, 1.82) is 0 Å². The molecule has 1 saturated heterocycles. The second kappa shape index (κ2) is 2.90. The molecule has 1 aromatic carbocycles. The minimum atomic E-state index is -0.825. The van der Waals surface area contributed by atoms with Gasteiger partial charge in [-0.3, -0.25) is 4.79 Å². The van der Waals surface area contributed by atoms with Crippen molar-refractivity contribution >= 4 is 11.9 Å². The quantitative estimate of drug-likeness (QED) is 0.497. The Hall–Kier alpha value is -1.84. The fraction of sp³-hybridized carbons (Fsp3) is 0.111. The van der Waals surface area contributed by atoms with Gasteiger partial charge in [-0.2, -0.15) is 0 Å². The van der Waals surface area contributed by atoms with Gasteiger partial charge in [-0.05, 0) is 0 Å². The van der Waals surface area contributed by atoms with Crippen molar-refractivity contribution in [2.45, 2.75) is 6.23 Å². The van der Waals surface area contributed by atoms with Gasteiger partial charge in [0.05, 0.1) is 0 Å². The molecule has 1 heterocycles. The molecule has 0 spiro atoms. The van der Waals surface area contributed by atoms with E-state index in [1.54, 1.807) is 12.1 Å². The van der Waals surface area contributed by atoms with Gasteiger partial charge in [-0.1, -0.05) is 30.3 Å². The van der Waals surface area contributed by atoms with E-state index in [-0.39, 0.29) is 0 Å². The summed E-state index contributed by atoms with van der Waals surface area (Å²) >= 11 is 0. The predicted molar refractivity (Wildman–Crippen MR) is 43.4 cm³/mol. The number of hydrogen-bond acceptors (Lipinski definition) is 3. The highest BCUT2D eigenvalue weighted by Gasteiger charge is 2.31. The summed E-state index contributed by atoms with van der Waals surface area (Å²) in [6.07, 6.45) is -0.624. The van der Waals surface area contributed by atoms with Crippen LogP contribution in [0.2, 0.25) is 0 Å². The molecule has 2 rings (SSSR count). The average molecular weight is 177 g/mol. The monoisotopic (exact) mass is 177 g/mol. The number of rotatable bonds is 1. The SMILES string of the molecule is O=C1NC(c2ccccc2)OC1=O. The molecule has 1 amide bonds. The van der Waals surface area contributed by atoms with Crippen LogP contribution in [0.4, 0.5) is 0 Å². The number of ether oxygens (including phenoxy) is 1. The summed E-state index contributed by atoms with van der Waals surface area (Å²) in [7, 11) is 0. The fourth-order valence-corrected chi connectivity index (χ4v) is 1.15. The lowest BCUT2D eigenvalue weighted by Gasteiger charge is -2.07. The van der Waals surface area contributed by atoms with Crippen LogP contribution in [-0.4, -0.2) is 11.9 Å². The maximum atomic E-state index is 10.8. The Morgan fingerprint density at radius 1 is 1.15 bits per heavy atom. The van der Waals surface area contributed by atoms with Crippen molar-refractivity contribution in [2.75, 3.05) is 0 Å². The van der Waals surface area contributed by atoms with E-state index in [1.165, 1.54) is 0 Å². The Bertz CT molecular complexity index is 331. The maximum Gasteiger partial charge on any atom is 0.399 e. The lowest BCUT2D eigenvalue weighted by atomic mass is 10.2. The second-order valence-corrected chi connectivity index (χ2v) is 2.67. The highest BCUT2D eigenvalue weighted by Crippen LogP contribution is 2.17. The van der Waals surface area contributed by atoms with Gasteiger partial charge in [0.1, 0.15) is 0 Å². The van der Waals surface area contributed by atoms with Crippen molar-refractivity contribution < 1.29 is 14.3 Å². The van der Waals surface area contributed by atoms with E-state index in [4.69, 9.17) is 4.74 Å². The van der Waals surface area contributed by atoms with E-state index < -0.39 is 18.1 Å². The lowest BCUT2D eigenvalue weighted by Crippen LogP contribution is -2.21. The smallest absolute Gasteiger partial charge is 0.399 e. The highest BCUT2D eigenvalue weighted by atomic mass is 16.6. The number of carbonyl (C=O) groups is 2. The first-order valence-electron chi connectivity index (χ1n) is 3.84. The van der Waals surface area contributed by atoms with Gasteiger partial charge in [-0.15, -0.1) is 0 Å². The third-order valence-corrected chi connectivity index (χ3v) is 1.77. The van der Waals surface area contributed by atoms with Gasteiger partial charge in [0.2, 0.25) is 6.23 Å². The zero-order valence-electron chi connectivity index (χ0n) is 6.69. The third-order valence-electron chi connectivity index (χ3n) is 1.77. The average Bonchev–Trinajstić information content (AvgIpc) is 2.49. The van der Waals surface area contributed by atoms with E-state index in [0.717, 1.165) is 5.56 Å². The van der Waals surface area contributed by atoms with Gasteiger partial charge in [0, 0.05) is 5.56 Å². The number of carbonyl (C=O) groups excluding carboxylic acids is 2. The summed E-state index contributed by atoms with van der Waals surface area (Å²) in [6, 6.07) is 9.04. The Morgan fingerprint density at radius 3 is 2.38 bits per heavy atom. The van der Waals surface area contributed by atoms with Crippen LogP contribution in [0.1, 0.15) is 11.8 Å². The molecule has 0 aliphatic carbocycles. The summed E-state index contributed by atoms with van der Waals surface area (Å²) in [5, 5.41) is 2.41. The number of esters is 1. The van der Waals surface area contributed by atoms with E-state index in [9.17, 15) is 9.59 Å². The molecule has 66 valence electrons. The molecule has 1 aliphatic rings. The van der Waals surface area contributed by atoms with Crippen molar-refractivity contribution in [2.24, 2.45) is 0 Å². The standard InChI is InChI=1S/C9H7NO3/c11-7-9(12)13-8(10-7)6-4-2-1-3-5-6/h1-5,8H,(H,10,11). The van der Waals surface area contributed by atoms with Crippen LogP contribution in [0.25, 0.3) is 0 Å². The first-order chi connectivity index (χ1) is 6.27. The molecule has 1 N–H and O–H groups in total. The number of benzene rings is 1. The van der Waals surface area contributed by atoms with Gasteiger partial charge in [0.25, 0.3) is 0 Å². The van der Waals surface area contributed by atoms with Crippen molar-refractivity contribution in [3.05, 3.63) is 35.9 Å². The van der Waals surface area contributed by atoms with Gasteiger partial charge in [0.15, 0.2) is 0 Å². The van der Waals surface area contributed by atoms with Crippen molar-refractivity contribution in [3.63, 3.8) is 0 Å². The molecule has 4 nitrogen and oxygen atoms in total. The molecule has 0 aromatic heterocycles. The summed E-state index contributed by atoms with van der Waals surface area (Å²) in [6.45, 7) is 0. The number of amides is 1. The molecule has 4 heteroatoms. The van der Waals surface area contributed by atoms with Crippen LogP contribution in [0, 0.1) is 0 Å². The Balaban J connectivity index is 2.21. The van der Waals surface area contributed by atoms with E-state index >= 15 is 0 Å². The molecular weight excluding hydrogens is 170 g/mol. The Morgan fingerprint density at radius 2 is 1.85 bits per heavy atom. The zero-order valence-corrected chi connectivity index (χ0v) is 6.69. The van der Waals surface area contributed by atoms with Crippen LogP contribution >= 0.6 is 0 Å². The summed E-state index contributed by atoms with van der Waals surface area (Å²) < 4.78 is 4.76. The van der Waals surface area contributed by atoms with Crippen molar-refractivity contribution in [1.82, 2.24) is 5.32 Å². The van der Waals surface area contributed by atoms with Crippen LogP contribution < -0.4 is 5.32 Å². The molecule has 0 saturated carbocycles. The minimum Gasteiger partial charge on any atom is -0.430 e. The van der Waals surface area contributed by atoms with Crippen molar-refractivity contribution in [3.8, 4) is 0 Å². The van der Waals surface area contributed by atoms with Gasteiger partial charge < -0.3 is 10.1 Å². The molecule has 1 atom stereocenters. The van der Waals surface area contributed by atoms with Crippen LogP contribution in [0.3, 0.4) is 0 Å². The molecule has 13 heavy (non-hydrogen) atoms. The summed E-state index contributed by atoms with van der Waals surface area (Å²) in [4.78, 5) is 21.5. The Labute approximate surface area is 74.5 Å². The maximum absolute atomic E-state index is 10.8. The Kier molecular flexibility index (Phi) is 1.73. The van der Waals surface area contributed by atoms with Gasteiger partial charge >= 0.3 is 11.9 Å². The molecule has 0 bridgehead atoms. The minimum absolute atomic E-state index is 0.624. The van der Waals surface area contributed by atoms with E-state index in [2.05, 4.69) is 5.32 Å². The topological polar surface area (TPSA) is 55.4 Å². The number of cyclic esters (lactones) is 1. The number of nitrogens with one attached hydrogen (secondary N) is 1. The van der Waals surface area contributed by atoms with E-state index in [0.29, 0.717) is 0 Å². The molecule has 0 radical (unpaired) electrons. The highest BCUT2D eigenvalue weighted by molar-refractivity contribution is 6.34. The van der Waals surface area contributed by atoms with Crippen LogP contribution in [0.5, 0.6) is 0 Å². The number of hydrogen-bond donors (Lipinski definition) is 1. The van der Waals surface area contributed by atoms with E-state index in [1.807, 2.05) is 18.2 Å². The molecule has 1 fully saturated rings. The molecule has 1 aliphatic heterocycles. The van der Waals surface area contributed by atoms with Gasteiger partial charge in [-0.25, -0.2) is 4.79 Å². The zero-order chi connectivity index (χ0) is 9.26. The molecule has 1 unspecified atom stereocenters. The molecule has 1 aromatic rings. The van der Waals surface area contributed by atoms with Crippen LogP contribution in [-0.2, 0) is 14.3 Å².